The summed E-state index contributed by atoms with van der Waals surface area (Å²) in [6.07, 6.45) is 6.26. The highest BCUT2D eigenvalue weighted by molar-refractivity contribution is 7.15. The van der Waals surface area contributed by atoms with E-state index in [1.54, 1.807) is 12.4 Å². The predicted octanol–water partition coefficient (Wildman–Crippen LogP) is 2.66. The lowest BCUT2D eigenvalue weighted by Crippen LogP contribution is -1.92. The minimum absolute atomic E-state index is 0.331. The molecule has 2 N–H and O–H groups in total. The molecular formula is C11H11N3S. The number of rotatable bonds is 2. The van der Waals surface area contributed by atoms with Crippen LogP contribution >= 0.6 is 11.3 Å². The molecule has 0 spiro atoms. The molecule has 76 valence electrons. The van der Waals surface area contributed by atoms with Gasteiger partial charge in [0.05, 0.1) is 0 Å². The van der Waals surface area contributed by atoms with E-state index in [2.05, 4.69) is 22.1 Å². The molecule has 15 heavy (non-hydrogen) atoms. The molecule has 0 amide bonds. The molecule has 0 bridgehead atoms. The molecule has 1 saturated carbocycles. The van der Waals surface area contributed by atoms with Gasteiger partial charge in [-0.25, -0.2) is 9.97 Å². The number of thiophene rings is 1. The highest BCUT2D eigenvalue weighted by Gasteiger charge is 2.25. The molecule has 2 aromatic heterocycles. The largest absolute Gasteiger partial charge is 0.368 e. The molecule has 1 aliphatic rings. The fraction of sp³-hybridized carbons (Fsp3) is 0.273. The smallest absolute Gasteiger partial charge is 0.219 e. The van der Waals surface area contributed by atoms with Gasteiger partial charge in [0.2, 0.25) is 5.95 Å². The van der Waals surface area contributed by atoms with Crippen LogP contribution in [0.3, 0.4) is 0 Å². The summed E-state index contributed by atoms with van der Waals surface area (Å²) in [5, 5.41) is 0. The van der Waals surface area contributed by atoms with Gasteiger partial charge < -0.3 is 5.73 Å². The van der Waals surface area contributed by atoms with Crippen LogP contribution in [0.2, 0.25) is 0 Å². The van der Waals surface area contributed by atoms with Crippen LogP contribution < -0.4 is 5.73 Å². The second-order valence-corrected chi connectivity index (χ2v) is 4.92. The number of nitrogens with two attached hydrogens (primary N) is 1. The molecule has 0 unspecified atom stereocenters. The third-order valence-corrected chi connectivity index (χ3v) is 3.86. The summed E-state index contributed by atoms with van der Waals surface area (Å²) in [6, 6.07) is 4.36. The maximum absolute atomic E-state index is 5.45. The Morgan fingerprint density at radius 2 is 1.93 bits per heavy atom. The first-order chi connectivity index (χ1) is 7.33. The third kappa shape index (κ3) is 1.72. The standard InChI is InChI=1S/C11H11N3S/c12-11-13-5-8(6-14-11)10-4-3-9(15-10)7-1-2-7/h3-7H,1-2H2,(H2,12,13,14). The summed E-state index contributed by atoms with van der Waals surface area (Å²) >= 11 is 1.84. The van der Waals surface area contributed by atoms with Gasteiger partial charge >= 0.3 is 0 Å². The van der Waals surface area contributed by atoms with Gasteiger partial charge in [0.15, 0.2) is 0 Å². The quantitative estimate of drug-likeness (QED) is 0.841. The van der Waals surface area contributed by atoms with Crippen LogP contribution in [0.15, 0.2) is 24.5 Å². The molecule has 0 aliphatic heterocycles. The zero-order chi connectivity index (χ0) is 10.3. The van der Waals surface area contributed by atoms with Crippen molar-refractivity contribution in [1.82, 2.24) is 9.97 Å². The van der Waals surface area contributed by atoms with Crippen LogP contribution in [0.1, 0.15) is 23.6 Å². The van der Waals surface area contributed by atoms with E-state index < -0.39 is 0 Å². The molecule has 0 saturated heterocycles. The minimum atomic E-state index is 0.331. The van der Waals surface area contributed by atoms with Gasteiger partial charge in [0.1, 0.15) is 0 Å². The van der Waals surface area contributed by atoms with Crippen molar-refractivity contribution in [1.29, 1.82) is 0 Å². The first-order valence-electron chi connectivity index (χ1n) is 5.00. The van der Waals surface area contributed by atoms with Crippen molar-refractivity contribution in [2.45, 2.75) is 18.8 Å². The molecule has 3 rings (SSSR count). The SMILES string of the molecule is Nc1ncc(-c2ccc(C3CC3)s2)cn1. The number of aromatic nitrogens is 2. The summed E-state index contributed by atoms with van der Waals surface area (Å²) in [7, 11) is 0. The van der Waals surface area contributed by atoms with Gasteiger partial charge in [-0.15, -0.1) is 11.3 Å². The topological polar surface area (TPSA) is 51.8 Å². The fourth-order valence-corrected chi connectivity index (χ4v) is 2.71. The predicted molar refractivity (Wildman–Crippen MR) is 61.7 cm³/mol. The van der Waals surface area contributed by atoms with Crippen LogP contribution in [-0.2, 0) is 0 Å². The van der Waals surface area contributed by atoms with Crippen molar-refractivity contribution in [2.24, 2.45) is 0 Å². The van der Waals surface area contributed by atoms with E-state index in [1.165, 1.54) is 22.6 Å². The van der Waals surface area contributed by atoms with Gasteiger partial charge in [-0.3, -0.25) is 0 Å². The first kappa shape index (κ1) is 8.85. The highest BCUT2D eigenvalue weighted by Crippen LogP contribution is 2.44. The van der Waals surface area contributed by atoms with E-state index >= 15 is 0 Å². The Kier molecular flexibility index (Phi) is 1.95. The summed E-state index contributed by atoms with van der Waals surface area (Å²) < 4.78 is 0. The summed E-state index contributed by atoms with van der Waals surface area (Å²) in [5.41, 5.74) is 6.51. The Labute approximate surface area is 92.0 Å². The maximum atomic E-state index is 5.45. The molecule has 1 fully saturated rings. The van der Waals surface area contributed by atoms with E-state index in [0.29, 0.717) is 5.95 Å². The fourth-order valence-electron chi connectivity index (χ4n) is 1.56. The van der Waals surface area contributed by atoms with Gasteiger partial charge in [0.25, 0.3) is 0 Å². The zero-order valence-electron chi connectivity index (χ0n) is 8.18. The number of anilines is 1. The number of hydrogen-bond donors (Lipinski definition) is 1. The number of nitrogen functional groups attached to an aromatic ring is 1. The molecule has 2 aromatic rings. The van der Waals surface area contributed by atoms with Crippen LogP contribution in [0.5, 0.6) is 0 Å². The van der Waals surface area contributed by atoms with Crippen molar-refractivity contribution in [3.63, 3.8) is 0 Å². The lowest BCUT2D eigenvalue weighted by molar-refractivity contribution is 1.18. The number of hydrogen-bond acceptors (Lipinski definition) is 4. The Morgan fingerprint density at radius 1 is 1.20 bits per heavy atom. The molecule has 1 aliphatic carbocycles. The molecule has 0 atom stereocenters. The minimum Gasteiger partial charge on any atom is -0.368 e. The van der Waals surface area contributed by atoms with E-state index in [9.17, 15) is 0 Å². The van der Waals surface area contributed by atoms with Gasteiger partial charge in [-0.05, 0) is 30.9 Å². The van der Waals surface area contributed by atoms with Crippen molar-refractivity contribution in [3.05, 3.63) is 29.4 Å². The maximum Gasteiger partial charge on any atom is 0.219 e. The molecule has 3 nitrogen and oxygen atoms in total. The van der Waals surface area contributed by atoms with E-state index in [-0.39, 0.29) is 0 Å². The van der Waals surface area contributed by atoms with Gasteiger partial charge in [0, 0.05) is 27.7 Å². The summed E-state index contributed by atoms with van der Waals surface area (Å²) in [6.45, 7) is 0. The number of nitrogens with zero attached hydrogens (tertiary/aromatic N) is 2. The second kappa shape index (κ2) is 3.31. The Morgan fingerprint density at radius 3 is 2.60 bits per heavy atom. The Bertz CT molecular complexity index is 471. The second-order valence-electron chi connectivity index (χ2n) is 3.81. The van der Waals surface area contributed by atoms with Crippen molar-refractivity contribution < 1.29 is 0 Å². The van der Waals surface area contributed by atoms with Gasteiger partial charge in [-0.1, -0.05) is 0 Å². The van der Waals surface area contributed by atoms with E-state index in [4.69, 9.17) is 5.73 Å². The van der Waals surface area contributed by atoms with Crippen molar-refractivity contribution in [2.75, 3.05) is 5.73 Å². The van der Waals surface area contributed by atoms with Crippen molar-refractivity contribution in [3.8, 4) is 10.4 Å². The van der Waals surface area contributed by atoms with Crippen LogP contribution in [0, 0.1) is 0 Å². The normalized spacial score (nSPS) is 15.5. The molecular weight excluding hydrogens is 206 g/mol. The van der Waals surface area contributed by atoms with E-state index in [1.807, 2.05) is 11.3 Å². The lowest BCUT2D eigenvalue weighted by Gasteiger charge is -1.95. The van der Waals surface area contributed by atoms with E-state index in [0.717, 1.165) is 11.5 Å². The molecule has 2 heterocycles. The monoisotopic (exact) mass is 217 g/mol. The molecule has 4 heteroatoms. The molecule has 0 aromatic carbocycles. The van der Waals surface area contributed by atoms with Crippen molar-refractivity contribution >= 4 is 17.3 Å². The first-order valence-corrected chi connectivity index (χ1v) is 5.82. The zero-order valence-corrected chi connectivity index (χ0v) is 9.00. The average Bonchev–Trinajstić information content (AvgIpc) is 2.99. The van der Waals surface area contributed by atoms with Crippen LogP contribution in [0.4, 0.5) is 5.95 Å². The Balaban J connectivity index is 1.93. The lowest BCUT2D eigenvalue weighted by atomic mass is 10.2. The Hall–Kier alpha value is -1.42. The summed E-state index contributed by atoms with van der Waals surface area (Å²) in [5.74, 6) is 1.15. The van der Waals surface area contributed by atoms with Gasteiger partial charge in [-0.2, -0.15) is 0 Å². The average molecular weight is 217 g/mol. The van der Waals surface area contributed by atoms with Crippen LogP contribution in [0.25, 0.3) is 10.4 Å². The highest BCUT2D eigenvalue weighted by atomic mass is 32.1. The summed E-state index contributed by atoms with van der Waals surface area (Å²) in [4.78, 5) is 10.7. The van der Waals surface area contributed by atoms with Crippen LogP contribution in [-0.4, -0.2) is 9.97 Å². The third-order valence-electron chi connectivity index (χ3n) is 2.56. The molecule has 0 radical (unpaired) electrons.